The highest BCUT2D eigenvalue weighted by Gasteiger charge is 2.20. The molecule has 2 heterocycles. The van der Waals surface area contributed by atoms with Crippen LogP contribution in [-0.2, 0) is 4.79 Å². The number of aromatic nitrogens is 1. The van der Waals surface area contributed by atoms with E-state index in [1.165, 1.54) is 18.5 Å². The number of aliphatic imine (C=N–C) groups is 1. The van der Waals surface area contributed by atoms with Crippen molar-refractivity contribution in [3.05, 3.63) is 29.6 Å². The average Bonchev–Trinajstić information content (AvgIpc) is 2.65. The molecule has 2 rings (SSSR count). The number of amides is 1. The lowest BCUT2D eigenvalue weighted by Crippen LogP contribution is -2.26. The minimum absolute atomic E-state index is 0.0263. The van der Waals surface area contributed by atoms with E-state index in [-0.39, 0.29) is 18.0 Å². The Kier molecular flexibility index (Phi) is 2.17. The van der Waals surface area contributed by atoms with Crippen LogP contribution in [0.15, 0.2) is 23.5 Å². The van der Waals surface area contributed by atoms with Crippen LogP contribution in [0.3, 0.4) is 0 Å². The molecule has 0 aromatic carbocycles. The molecule has 0 bridgehead atoms. The van der Waals surface area contributed by atoms with Gasteiger partial charge in [-0.3, -0.25) is 14.8 Å². The zero-order chi connectivity index (χ0) is 10.8. The molecule has 1 aromatic rings. The number of aromatic carboxylic acids is 1. The Morgan fingerprint density at radius 2 is 2.33 bits per heavy atom. The normalized spacial score (nSPS) is 14.7. The smallest absolute Gasteiger partial charge is 0.338 e. The van der Waals surface area contributed by atoms with Crippen molar-refractivity contribution in [1.82, 2.24) is 10.3 Å². The Balaban J connectivity index is 2.44. The van der Waals surface area contributed by atoms with Crippen LogP contribution in [0.2, 0.25) is 0 Å². The van der Waals surface area contributed by atoms with Crippen molar-refractivity contribution in [3.63, 3.8) is 0 Å². The van der Waals surface area contributed by atoms with E-state index < -0.39 is 5.97 Å². The lowest BCUT2D eigenvalue weighted by Gasteiger charge is -2.04. The Labute approximate surface area is 84.7 Å². The van der Waals surface area contributed by atoms with Gasteiger partial charge in [0, 0.05) is 18.0 Å². The summed E-state index contributed by atoms with van der Waals surface area (Å²) in [6.45, 7) is 0.0384. The molecule has 2 N–H and O–H groups in total. The molecule has 76 valence electrons. The standard InChI is InChI=1S/C9H7N3O3/c13-7-4-11-8(12-7)5-1-2-10-3-6(5)9(14)15/h1-3H,4H2,(H,14,15)(H,11,12,13). The fourth-order valence-corrected chi connectivity index (χ4v) is 1.29. The first-order valence-electron chi connectivity index (χ1n) is 4.20. The number of carbonyl (C=O) groups is 2. The Hall–Kier alpha value is -2.24. The van der Waals surface area contributed by atoms with Gasteiger partial charge in [0.25, 0.3) is 0 Å². The monoisotopic (exact) mass is 205 g/mol. The third kappa shape index (κ3) is 1.69. The maximum atomic E-state index is 10.9. The highest BCUT2D eigenvalue weighted by molar-refractivity contribution is 6.15. The third-order valence-corrected chi connectivity index (χ3v) is 1.95. The molecule has 6 nitrogen and oxygen atoms in total. The molecule has 0 radical (unpaired) electrons. The number of rotatable bonds is 2. The van der Waals surface area contributed by atoms with Gasteiger partial charge in [-0.05, 0) is 6.07 Å². The van der Waals surface area contributed by atoms with Crippen molar-refractivity contribution in [2.24, 2.45) is 4.99 Å². The summed E-state index contributed by atoms with van der Waals surface area (Å²) in [5.41, 5.74) is 0.404. The van der Waals surface area contributed by atoms with Gasteiger partial charge in [0.2, 0.25) is 5.91 Å². The van der Waals surface area contributed by atoms with Gasteiger partial charge < -0.3 is 10.4 Å². The van der Waals surface area contributed by atoms with Gasteiger partial charge >= 0.3 is 5.97 Å². The minimum atomic E-state index is -1.10. The molecule has 15 heavy (non-hydrogen) atoms. The largest absolute Gasteiger partial charge is 0.478 e. The van der Waals surface area contributed by atoms with E-state index in [2.05, 4.69) is 15.3 Å². The highest BCUT2D eigenvalue weighted by Crippen LogP contribution is 2.09. The van der Waals surface area contributed by atoms with E-state index in [1.54, 1.807) is 0 Å². The van der Waals surface area contributed by atoms with Crippen LogP contribution in [0.5, 0.6) is 0 Å². The second-order valence-electron chi connectivity index (χ2n) is 2.94. The predicted octanol–water partition coefficient (Wildman–Crippen LogP) is -0.344. The summed E-state index contributed by atoms with van der Waals surface area (Å²) in [6.07, 6.45) is 2.68. The van der Waals surface area contributed by atoms with E-state index in [0.29, 0.717) is 11.4 Å². The van der Waals surface area contributed by atoms with Crippen LogP contribution in [0.1, 0.15) is 15.9 Å². The molecule has 0 saturated heterocycles. The van der Waals surface area contributed by atoms with Gasteiger partial charge in [0.1, 0.15) is 12.4 Å². The highest BCUT2D eigenvalue weighted by atomic mass is 16.4. The SMILES string of the molecule is O=C1CN=C(c2ccncc2C(=O)O)N1. The quantitative estimate of drug-likeness (QED) is 0.690. The van der Waals surface area contributed by atoms with Crippen molar-refractivity contribution >= 4 is 17.7 Å². The molecule has 0 saturated carbocycles. The Bertz CT molecular complexity index is 467. The maximum absolute atomic E-state index is 10.9. The molecule has 0 fully saturated rings. The van der Waals surface area contributed by atoms with Crippen molar-refractivity contribution in [2.75, 3.05) is 6.54 Å². The summed E-state index contributed by atoms with van der Waals surface area (Å²) in [5, 5.41) is 11.4. The van der Waals surface area contributed by atoms with E-state index >= 15 is 0 Å². The number of carboxylic acid groups (broad SMARTS) is 1. The van der Waals surface area contributed by atoms with Crippen molar-refractivity contribution in [3.8, 4) is 0 Å². The Morgan fingerprint density at radius 3 is 2.93 bits per heavy atom. The molecular weight excluding hydrogens is 198 g/mol. The van der Waals surface area contributed by atoms with Crippen LogP contribution in [0.4, 0.5) is 0 Å². The first kappa shape index (κ1) is 9.32. The van der Waals surface area contributed by atoms with E-state index in [0.717, 1.165) is 0 Å². The minimum Gasteiger partial charge on any atom is -0.478 e. The van der Waals surface area contributed by atoms with Crippen molar-refractivity contribution in [2.45, 2.75) is 0 Å². The Morgan fingerprint density at radius 1 is 1.53 bits per heavy atom. The van der Waals surface area contributed by atoms with Crippen LogP contribution >= 0.6 is 0 Å². The molecule has 0 unspecified atom stereocenters. The second kappa shape index (κ2) is 3.49. The summed E-state index contributed by atoms with van der Waals surface area (Å²) >= 11 is 0. The molecule has 1 aliphatic rings. The van der Waals surface area contributed by atoms with Crippen molar-refractivity contribution in [1.29, 1.82) is 0 Å². The first-order valence-corrected chi connectivity index (χ1v) is 4.20. The van der Waals surface area contributed by atoms with Gasteiger partial charge in [-0.1, -0.05) is 0 Å². The van der Waals surface area contributed by atoms with E-state index in [1.807, 2.05) is 0 Å². The van der Waals surface area contributed by atoms with Crippen LogP contribution < -0.4 is 5.32 Å². The third-order valence-electron chi connectivity index (χ3n) is 1.95. The lowest BCUT2D eigenvalue weighted by molar-refractivity contribution is -0.117. The maximum Gasteiger partial charge on any atom is 0.338 e. The number of hydrogen-bond acceptors (Lipinski definition) is 4. The van der Waals surface area contributed by atoms with Crippen LogP contribution in [-0.4, -0.2) is 34.3 Å². The summed E-state index contributed by atoms with van der Waals surface area (Å²) < 4.78 is 0. The summed E-state index contributed by atoms with van der Waals surface area (Å²) in [4.78, 5) is 29.4. The molecular formula is C9H7N3O3. The van der Waals surface area contributed by atoms with Gasteiger partial charge in [0.15, 0.2) is 0 Å². The fourth-order valence-electron chi connectivity index (χ4n) is 1.29. The molecule has 1 aromatic heterocycles. The molecule has 0 spiro atoms. The van der Waals surface area contributed by atoms with Crippen LogP contribution in [0, 0.1) is 0 Å². The van der Waals surface area contributed by atoms with Gasteiger partial charge in [-0.2, -0.15) is 0 Å². The zero-order valence-electron chi connectivity index (χ0n) is 7.60. The first-order chi connectivity index (χ1) is 7.18. The number of nitrogens with one attached hydrogen (secondary N) is 1. The molecule has 1 aliphatic heterocycles. The molecule has 1 amide bonds. The number of nitrogens with zero attached hydrogens (tertiary/aromatic N) is 2. The fraction of sp³-hybridized carbons (Fsp3) is 0.111. The summed E-state index contributed by atoms with van der Waals surface area (Å²) in [6, 6.07) is 1.51. The average molecular weight is 205 g/mol. The van der Waals surface area contributed by atoms with E-state index in [4.69, 9.17) is 5.11 Å². The predicted molar refractivity (Wildman–Crippen MR) is 50.7 cm³/mol. The second-order valence-corrected chi connectivity index (χ2v) is 2.94. The number of carbonyl (C=O) groups excluding carboxylic acids is 1. The van der Waals surface area contributed by atoms with Crippen molar-refractivity contribution < 1.29 is 14.7 Å². The van der Waals surface area contributed by atoms with E-state index in [9.17, 15) is 9.59 Å². The topological polar surface area (TPSA) is 91.7 Å². The van der Waals surface area contributed by atoms with Gasteiger partial charge in [0.05, 0.1) is 5.56 Å². The lowest BCUT2D eigenvalue weighted by atomic mass is 10.1. The molecule has 6 heteroatoms. The molecule has 0 atom stereocenters. The summed E-state index contributed by atoms with van der Waals surface area (Å²) in [7, 11) is 0. The number of pyridine rings is 1. The van der Waals surface area contributed by atoms with Gasteiger partial charge in [-0.25, -0.2) is 4.79 Å². The zero-order valence-corrected chi connectivity index (χ0v) is 7.60. The van der Waals surface area contributed by atoms with Crippen LogP contribution in [0.25, 0.3) is 0 Å². The number of carboxylic acids is 1. The number of hydrogen-bond donors (Lipinski definition) is 2. The molecule has 0 aliphatic carbocycles. The van der Waals surface area contributed by atoms with Gasteiger partial charge in [-0.15, -0.1) is 0 Å². The summed E-state index contributed by atoms with van der Waals surface area (Å²) in [5.74, 6) is -1.04. The number of amidine groups is 1.